The Morgan fingerprint density at radius 3 is 2.25 bits per heavy atom. The summed E-state index contributed by atoms with van der Waals surface area (Å²) in [5.41, 5.74) is 2.88. The van der Waals surface area contributed by atoms with Gasteiger partial charge >= 0.3 is 5.97 Å². The number of carbonyl (C=O) groups is 1. The predicted octanol–water partition coefficient (Wildman–Crippen LogP) is 4.63. The van der Waals surface area contributed by atoms with Gasteiger partial charge in [0.25, 0.3) is 4.87 Å². The summed E-state index contributed by atoms with van der Waals surface area (Å²) in [6.45, 7) is 0. The topological polar surface area (TPSA) is 72.6 Å². The molecule has 2 aliphatic rings. The van der Waals surface area contributed by atoms with Crippen LogP contribution in [0.25, 0.3) is 11.4 Å². The van der Waals surface area contributed by atoms with E-state index in [-0.39, 0.29) is 0 Å². The van der Waals surface area contributed by atoms with E-state index in [4.69, 9.17) is 16.4 Å². The van der Waals surface area contributed by atoms with E-state index in [2.05, 4.69) is 15.4 Å². The second-order valence-corrected chi connectivity index (χ2v) is 8.80. The van der Waals surface area contributed by atoms with Crippen LogP contribution in [-0.2, 0) is 9.63 Å². The number of halogens is 1. The summed E-state index contributed by atoms with van der Waals surface area (Å²) in [7, 11) is 0. The molecule has 0 radical (unpaired) electrons. The van der Waals surface area contributed by atoms with Crippen LogP contribution in [0.5, 0.6) is 0 Å². The smallest absolute Gasteiger partial charge is 0.314 e. The monoisotopic (exact) mass is 459 g/mol. The molecular weight excluding hydrogens is 446 g/mol. The summed E-state index contributed by atoms with van der Waals surface area (Å²) in [6.07, 6.45) is 0. The van der Waals surface area contributed by atoms with E-state index in [0.29, 0.717) is 21.7 Å². The van der Waals surface area contributed by atoms with Gasteiger partial charge in [-0.05, 0) is 48.2 Å². The Kier molecular flexibility index (Phi) is 4.31. The molecule has 1 atom stereocenters. The van der Waals surface area contributed by atoms with Crippen LogP contribution >= 0.6 is 23.4 Å². The van der Waals surface area contributed by atoms with Gasteiger partial charge in [-0.2, -0.15) is 0 Å². The molecule has 0 saturated heterocycles. The van der Waals surface area contributed by atoms with Crippen LogP contribution in [0.15, 0.2) is 95.2 Å². The largest absolute Gasteiger partial charge is 0.379 e. The van der Waals surface area contributed by atoms with Crippen molar-refractivity contribution in [3.05, 3.63) is 95.5 Å². The van der Waals surface area contributed by atoms with Crippen LogP contribution in [0.2, 0.25) is 5.02 Å². The Balaban J connectivity index is 1.59. The average molecular weight is 460 g/mol. The summed E-state index contributed by atoms with van der Waals surface area (Å²) >= 11 is 7.35. The number of aromatic nitrogens is 3. The van der Waals surface area contributed by atoms with E-state index in [0.717, 1.165) is 16.8 Å². The van der Waals surface area contributed by atoms with Crippen LogP contribution in [0.1, 0.15) is 5.56 Å². The third kappa shape index (κ3) is 2.70. The normalized spacial score (nSPS) is 19.2. The molecule has 156 valence electrons. The molecule has 0 saturated carbocycles. The molecule has 0 fully saturated rings. The fourth-order valence-corrected chi connectivity index (χ4v) is 5.27. The van der Waals surface area contributed by atoms with E-state index >= 15 is 0 Å². The van der Waals surface area contributed by atoms with Gasteiger partial charge in [0.15, 0.2) is 5.82 Å². The number of anilines is 1. The SMILES string of the molecule is O=C1ON=C(c2ccccc2)C12Sc1nnc(-c3ccc(Cl)cc3)n1N2c1ccccc1. The Bertz CT molecular complexity index is 1360. The molecule has 3 aromatic carbocycles. The van der Waals surface area contributed by atoms with Gasteiger partial charge < -0.3 is 4.84 Å². The number of nitrogens with zero attached hydrogens (tertiary/aromatic N) is 5. The number of rotatable bonds is 3. The molecule has 0 N–H and O–H groups in total. The summed E-state index contributed by atoms with van der Waals surface area (Å²) in [5.74, 6) is 0.0924. The van der Waals surface area contributed by atoms with Crippen molar-refractivity contribution >= 4 is 40.7 Å². The quantitative estimate of drug-likeness (QED) is 0.416. The summed E-state index contributed by atoms with van der Waals surface area (Å²) in [6, 6.07) is 26.5. The first-order chi connectivity index (χ1) is 15.7. The number of carbonyl (C=O) groups excluding carboxylic acids is 1. The van der Waals surface area contributed by atoms with Crippen LogP contribution in [0.4, 0.5) is 5.69 Å². The zero-order valence-corrected chi connectivity index (χ0v) is 18.0. The van der Waals surface area contributed by atoms with Gasteiger partial charge in [-0.25, -0.2) is 14.5 Å². The van der Waals surface area contributed by atoms with E-state index in [9.17, 15) is 4.79 Å². The molecule has 0 aliphatic carbocycles. The van der Waals surface area contributed by atoms with Crippen molar-refractivity contribution in [2.45, 2.75) is 10.0 Å². The standard InChI is InChI=1S/C23H14ClN5O2S/c24-17-13-11-16(12-14-17)20-25-26-22-28(20)29(18-9-5-2-6-10-18)23(32-22)19(27-31-21(23)30)15-7-3-1-4-8-15/h1-14H. The molecule has 32 heavy (non-hydrogen) atoms. The van der Waals surface area contributed by atoms with Crippen molar-refractivity contribution in [1.29, 1.82) is 0 Å². The maximum absolute atomic E-state index is 13.3. The molecule has 7 nitrogen and oxygen atoms in total. The highest BCUT2D eigenvalue weighted by molar-refractivity contribution is 8.02. The van der Waals surface area contributed by atoms with Crippen LogP contribution in [0.3, 0.4) is 0 Å². The number of hydrogen-bond donors (Lipinski definition) is 0. The van der Waals surface area contributed by atoms with Gasteiger partial charge in [0.2, 0.25) is 5.16 Å². The summed E-state index contributed by atoms with van der Waals surface area (Å²) in [4.78, 5) is 17.3. The van der Waals surface area contributed by atoms with Gasteiger partial charge in [-0.15, -0.1) is 10.2 Å². The van der Waals surface area contributed by atoms with E-state index < -0.39 is 10.8 Å². The maximum atomic E-state index is 13.3. The number of thioether (sulfide) groups is 1. The molecule has 3 heterocycles. The Hall–Kier alpha value is -3.62. The molecular formula is C23H14ClN5O2S. The Morgan fingerprint density at radius 1 is 0.844 bits per heavy atom. The minimum atomic E-state index is -1.28. The third-order valence-corrected chi connectivity index (χ3v) is 6.83. The van der Waals surface area contributed by atoms with Crippen molar-refractivity contribution < 1.29 is 9.63 Å². The Labute approximate surface area is 192 Å². The van der Waals surface area contributed by atoms with Gasteiger partial charge in [0.05, 0.1) is 5.69 Å². The second-order valence-electron chi connectivity index (χ2n) is 7.20. The molecule has 6 rings (SSSR count). The van der Waals surface area contributed by atoms with Crippen molar-refractivity contribution in [3.63, 3.8) is 0 Å². The molecule has 4 aromatic rings. The fourth-order valence-electron chi connectivity index (χ4n) is 3.90. The first-order valence-corrected chi connectivity index (χ1v) is 11.0. The zero-order chi connectivity index (χ0) is 21.7. The molecule has 1 unspecified atom stereocenters. The molecule has 9 heteroatoms. The molecule has 1 aromatic heterocycles. The molecule has 1 spiro atoms. The minimum Gasteiger partial charge on any atom is -0.314 e. The van der Waals surface area contributed by atoms with Gasteiger partial charge in [0.1, 0.15) is 5.71 Å². The molecule has 0 bridgehead atoms. The molecule has 2 aliphatic heterocycles. The highest BCUT2D eigenvalue weighted by Gasteiger charge is 2.63. The predicted molar refractivity (Wildman–Crippen MR) is 122 cm³/mol. The minimum absolute atomic E-state index is 0.488. The Morgan fingerprint density at radius 2 is 1.53 bits per heavy atom. The average Bonchev–Trinajstić information content (AvgIpc) is 3.48. The zero-order valence-electron chi connectivity index (χ0n) is 16.4. The summed E-state index contributed by atoms with van der Waals surface area (Å²) < 4.78 is 1.84. The van der Waals surface area contributed by atoms with Gasteiger partial charge in [-0.1, -0.05) is 65.3 Å². The maximum Gasteiger partial charge on any atom is 0.379 e. The lowest BCUT2D eigenvalue weighted by Crippen LogP contribution is -2.55. The summed E-state index contributed by atoms with van der Waals surface area (Å²) in [5, 5.41) is 16.0. The van der Waals surface area contributed by atoms with Crippen LogP contribution in [-0.4, -0.2) is 31.4 Å². The van der Waals surface area contributed by atoms with Crippen molar-refractivity contribution in [2.24, 2.45) is 5.16 Å². The van der Waals surface area contributed by atoms with Gasteiger partial charge in [-0.3, -0.25) is 0 Å². The van der Waals surface area contributed by atoms with E-state index in [1.807, 2.05) is 82.5 Å². The number of benzene rings is 3. The lowest BCUT2D eigenvalue weighted by molar-refractivity contribution is -0.142. The van der Waals surface area contributed by atoms with E-state index in [1.54, 1.807) is 12.1 Å². The van der Waals surface area contributed by atoms with Crippen LogP contribution < -0.4 is 5.01 Å². The van der Waals surface area contributed by atoms with Crippen molar-refractivity contribution in [1.82, 2.24) is 14.9 Å². The highest BCUT2D eigenvalue weighted by atomic mass is 35.5. The fraction of sp³-hybridized carbons (Fsp3) is 0.0435. The lowest BCUT2D eigenvalue weighted by Gasteiger charge is -2.33. The van der Waals surface area contributed by atoms with Crippen molar-refractivity contribution in [3.8, 4) is 11.4 Å². The van der Waals surface area contributed by atoms with E-state index in [1.165, 1.54) is 11.8 Å². The number of hydrogen-bond acceptors (Lipinski definition) is 7. The third-order valence-electron chi connectivity index (χ3n) is 5.32. The van der Waals surface area contributed by atoms with Crippen LogP contribution in [0, 0.1) is 0 Å². The number of para-hydroxylation sites is 1. The molecule has 0 amide bonds. The number of fused-ring (bicyclic) bond motifs is 1. The first-order valence-electron chi connectivity index (χ1n) is 9.80. The second kappa shape index (κ2) is 7.22. The van der Waals surface area contributed by atoms with Gasteiger partial charge in [0, 0.05) is 16.1 Å². The number of oxime groups is 1. The highest BCUT2D eigenvalue weighted by Crippen LogP contribution is 2.51. The lowest BCUT2D eigenvalue weighted by atomic mass is 10.0. The van der Waals surface area contributed by atoms with Crippen molar-refractivity contribution in [2.75, 3.05) is 5.01 Å². The first kappa shape index (κ1) is 19.1.